The Morgan fingerprint density at radius 2 is 2.10 bits per heavy atom. The summed E-state index contributed by atoms with van der Waals surface area (Å²) in [6, 6.07) is 5.49. The van der Waals surface area contributed by atoms with E-state index in [2.05, 4.69) is 12.2 Å². The topological polar surface area (TPSA) is 64.6 Å². The predicted molar refractivity (Wildman–Crippen MR) is 73.9 cm³/mol. The number of carbonyl (C=O) groups is 2. The number of carbonyl (C=O) groups excluding carboxylic acids is 2. The molecule has 0 spiro atoms. The molecule has 1 N–H and O–H groups in total. The summed E-state index contributed by atoms with van der Waals surface area (Å²) in [6.07, 6.45) is 0.0454. The molecule has 1 heterocycles. The molecule has 5 nitrogen and oxygen atoms in total. The molecule has 20 heavy (non-hydrogen) atoms. The average molecular weight is 277 g/mol. The van der Waals surface area contributed by atoms with E-state index in [0.717, 1.165) is 5.56 Å². The monoisotopic (exact) mass is 277 g/mol. The van der Waals surface area contributed by atoms with Crippen molar-refractivity contribution in [2.24, 2.45) is 0 Å². The summed E-state index contributed by atoms with van der Waals surface area (Å²) in [4.78, 5) is 23.4. The molecular formula is C15H19NO4. The number of esters is 1. The van der Waals surface area contributed by atoms with E-state index in [1.165, 1.54) is 0 Å². The molecule has 0 aromatic heterocycles. The maximum absolute atomic E-state index is 12.1. The van der Waals surface area contributed by atoms with Crippen LogP contribution in [0.3, 0.4) is 0 Å². The first kappa shape index (κ1) is 14.4. The molecule has 2 rings (SSSR count). The highest BCUT2D eigenvalue weighted by Crippen LogP contribution is 2.40. The van der Waals surface area contributed by atoms with Crippen molar-refractivity contribution in [1.29, 1.82) is 0 Å². The van der Waals surface area contributed by atoms with Crippen molar-refractivity contribution >= 4 is 11.9 Å². The number of hydrogen-bond donors (Lipinski definition) is 1. The zero-order valence-electron chi connectivity index (χ0n) is 11.9. The molecule has 2 atom stereocenters. The minimum absolute atomic E-state index is 0.0454. The van der Waals surface area contributed by atoms with Gasteiger partial charge in [-0.25, -0.2) is 0 Å². The first-order valence-electron chi connectivity index (χ1n) is 6.78. The van der Waals surface area contributed by atoms with Crippen LogP contribution in [0.2, 0.25) is 0 Å². The molecule has 0 fully saturated rings. The number of fused-ring (bicyclic) bond motifs is 1. The molecule has 0 aliphatic carbocycles. The highest BCUT2D eigenvalue weighted by molar-refractivity contribution is 5.99. The number of rotatable bonds is 4. The molecule has 1 aliphatic rings. The van der Waals surface area contributed by atoms with Crippen LogP contribution in [0.25, 0.3) is 0 Å². The molecule has 5 heteroatoms. The van der Waals surface area contributed by atoms with Gasteiger partial charge in [0.05, 0.1) is 12.2 Å². The van der Waals surface area contributed by atoms with Gasteiger partial charge < -0.3 is 14.8 Å². The predicted octanol–water partition coefficient (Wildman–Crippen LogP) is 1.86. The number of para-hydroxylation sites is 1. The van der Waals surface area contributed by atoms with Gasteiger partial charge in [-0.1, -0.05) is 19.1 Å². The molecule has 1 aliphatic heterocycles. The van der Waals surface area contributed by atoms with Crippen LogP contribution < -0.4 is 10.1 Å². The number of ether oxygens (including phenoxy) is 2. The van der Waals surface area contributed by atoms with Gasteiger partial charge in [-0.3, -0.25) is 9.59 Å². The van der Waals surface area contributed by atoms with Crippen LogP contribution in [-0.2, 0) is 9.53 Å². The van der Waals surface area contributed by atoms with Crippen molar-refractivity contribution in [3.63, 3.8) is 0 Å². The van der Waals surface area contributed by atoms with Gasteiger partial charge in [0.25, 0.3) is 5.91 Å². The fourth-order valence-electron chi connectivity index (χ4n) is 2.22. The van der Waals surface area contributed by atoms with Crippen LogP contribution in [-0.4, -0.2) is 31.1 Å². The molecule has 0 saturated heterocycles. The van der Waals surface area contributed by atoms with E-state index in [-0.39, 0.29) is 24.5 Å². The largest absolute Gasteiger partial charge is 0.489 e. The quantitative estimate of drug-likeness (QED) is 0.853. The number of amides is 1. The zero-order valence-corrected chi connectivity index (χ0v) is 11.9. The zero-order chi connectivity index (χ0) is 14.7. The fraction of sp³-hybridized carbons (Fsp3) is 0.467. The number of benzene rings is 1. The van der Waals surface area contributed by atoms with Crippen molar-refractivity contribution in [1.82, 2.24) is 5.32 Å². The highest BCUT2D eigenvalue weighted by atomic mass is 16.5. The smallest absolute Gasteiger partial charge is 0.325 e. The fourth-order valence-corrected chi connectivity index (χ4v) is 2.22. The van der Waals surface area contributed by atoms with E-state index in [1.54, 1.807) is 13.0 Å². The van der Waals surface area contributed by atoms with E-state index < -0.39 is 5.97 Å². The van der Waals surface area contributed by atoms with Gasteiger partial charge in [-0.2, -0.15) is 0 Å². The van der Waals surface area contributed by atoms with Crippen LogP contribution in [0.5, 0.6) is 5.75 Å². The molecule has 1 aromatic carbocycles. The lowest BCUT2D eigenvalue weighted by molar-refractivity contribution is -0.141. The molecule has 1 aromatic rings. The normalized spacial score (nSPS) is 19.9. The van der Waals surface area contributed by atoms with Gasteiger partial charge in [-0.15, -0.1) is 0 Å². The van der Waals surface area contributed by atoms with Crippen molar-refractivity contribution in [3.05, 3.63) is 29.3 Å². The average Bonchev–Trinajstić information content (AvgIpc) is 2.72. The molecular weight excluding hydrogens is 258 g/mol. The Balaban J connectivity index is 2.11. The summed E-state index contributed by atoms with van der Waals surface area (Å²) in [5.74, 6) is 0.101. The van der Waals surface area contributed by atoms with Gasteiger partial charge in [0, 0.05) is 11.5 Å². The summed E-state index contributed by atoms with van der Waals surface area (Å²) in [5, 5.41) is 2.55. The van der Waals surface area contributed by atoms with Gasteiger partial charge in [0.15, 0.2) is 0 Å². The standard InChI is InChI=1S/C15H19NO4/c1-4-19-13(17)8-16-15(18)12-7-5-6-11-9(2)10(3)20-14(11)12/h5-7,9-10H,4,8H2,1-3H3,(H,16,18). The lowest BCUT2D eigenvalue weighted by Gasteiger charge is -2.09. The Bertz CT molecular complexity index is 527. The molecule has 1 amide bonds. The lowest BCUT2D eigenvalue weighted by Crippen LogP contribution is -2.30. The van der Waals surface area contributed by atoms with E-state index in [1.807, 2.05) is 19.1 Å². The minimum Gasteiger partial charge on any atom is -0.489 e. The second-order valence-corrected chi connectivity index (χ2v) is 4.82. The molecule has 0 saturated carbocycles. The van der Waals surface area contributed by atoms with E-state index in [9.17, 15) is 9.59 Å². The number of nitrogens with one attached hydrogen (secondary N) is 1. The van der Waals surface area contributed by atoms with Gasteiger partial charge in [0.1, 0.15) is 18.4 Å². The lowest BCUT2D eigenvalue weighted by atomic mass is 9.97. The molecule has 0 radical (unpaired) electrons. The summed E-state index contributed by atoms with van der Waals surface area (Å²) >= 11 is 0. The maximum Gasteiger partial charge on any atom is 0.325 e. The third-order valence-electron chi connectivity index (χ3n) is 3.49. The van der Waals surface area contributed by atoms with Crippen molar-refractivity contribution in [2.45, 2.75) is 32.8 Å². The van der Waals surface area contributed by atoms with Crippen LogP contribution in [0.15, 0.2) is 18.2 Å². The molecule has 108 valence electrons. The van der Waals surface area contributed by atoms with E-state index in [0.29, 0.717) is 17.9 Å². The first-order chi connectivity index (χ1) is 9.54. The summed E-state index contributed by atoms with van der Waals surface area (Å²) in [7, 11) is 0. The first-order valence-corrected chi connectivity index (χ1v) is 6.78. The Hall–Kier alpha value is -2.04. The van der Waals surface area contributed by atoms with Gasteiger partial charge in [0.2, 0.25) is 0 Å². The Labute approximate surface area is 118 Å². The summed E-state index contributed by atoms with van der Waals surface area (Å²) < 4.78 is 10.5. The second-order valence-electron chi connectivity index (χ2n) is 4.82. The molecule has 0 bridgehead atoms. The summed E-state index contributed by atoms with van der Waals surface area (Å²) in [5.41, 5.74) is 1.49. The highest BCUT2D eigenvalue weighted by Gasteiger charge is 2.31. The minimum atomic E-state index is -0.448. The Morgan fingerprint density at radius 3 is 2.80 bits per heavy atom. The Kier molecular flexibility index (Phi) is 4.27. The molecule has 2 unspecified atom stereocenters. The number of hydrogen-bond acceptors (Lipinski definition) is 4. The maximum atomic E-state index is 12.1. The van der Waals surface area contributed by atoms with Crippen LogP contribution in [0.4, 0.5) is 0 Å². The van der Waals surface area contributed by atoms with E-state index >= 15 is 0 Å². The Morgan fingerprint density at radius 1 is 1.35 bits per heavy atom. The van der Waals surface area contributed by atoms with Crippen LogP contribution in [0.1, 0.15) is 42.6 Å². The SMILES string of the molecule is CCOC(=O)CNC(=O)c1cccc2c1OC(C)C2C. The second kappa shape index (κ2) is 5.94. The van der Waals surface area contributed by atoms with Gasteiger partial charge in [-0.05, 0) is 19.9 Å². The van der Waals surface area contributed by atoms with Crippen LogP contribution >= 0.6 is 0 Å². The van der Waals surface area contributed by atoms with Crippen LogP contribution in [0, 0.1) is 0 Å². The van der Waals surface area contributed by atoms with E-state index in [4.69, 9.17) is 9.47 Å². The van der Waals surface area contributed by atoms with Gasteiger partial charge >= 0.3 is 5.97 Å². The van der Waals surface area contributed by atoms with Crippen molar-refractivity contribution in [2.75, 3.05) is 13.2 Å². The van der Waals surface area contributed by atoms with Crippen molar-refractivity contribution in [3.8, 4) is 5.75 Å². The van der Waals surface area contributed by atoms with Crippen molar-refractivity contribution < 1.29 is 19.1 Å². The summed E-state index contributed by atoms with van der Waals surface area (Å²) in [6.45, 7) is 5.93. The third kappa shape index (κ3) is 2.76. The third-order valence-corrected chi connectivity index (χ3v) is 3.49.